The fraction of sp³-hybridized carbons (Fsp3) is 0.0588. The Balaban J connectivity index is 1.95. The topological polar surface area (TPSA) is 51.8 Å². The van der Waals surface area contributed by atoms with Crippen LogP contribution in [0.1, 0.15) is 11.4 Å². The molecular formula is C17H14BrN3. The molecule has 4 heteroatoms. The second-order valence-electron chi connectivity index (χ2n) is 4.77. The summed E-state index contributed by atoms with van der Waals surface area (Å²) in [5, 5.41) is 0. The van der Waals surface area contributed by atoms with Crippen LogP contribution in [0.25, 0.3) is 11.3 Å². The van der Waals surface area contributed by atoms with E-state index in [9.17, 15) is 0 Å². The van der Waals surface area contributed by atoms with Gasteiger partial charge in [0.1, 0.15) is 11.6 Å². The minimum Gasteiger partial charge on any atom is -0.384 e. The lowest BCUT2D eigenvalue weighted by Gasteiger charge is -2.06. The summed E-state index contributed by atoms with van der Waals surface area (Å²) in [6.07, 6.45) is 0.657. The van der Waals surface area contributed by atoms with Gasteiger partial charge in [-0.3, -0.25) is 0 Å². The molecule has 1 heterocycles. The maximum absolute atomic E-state index is 5.92. The lowest BCUT2D eigenvalue weighted by Crippen LogP contribution is -2.02. The van der Waals surface area contributed by atoms with Crippen molar-refractivity contribution in [2.45, 2.75) is 6.42 Å². The molecule has 0 atom stereocenters. The highest BCUT2D eigenvalue weighted by Crippen LogP contribution is 2.20. The van der Waals surface area contributed by atoms with Gasteiger partial charge in [-0.1, -0.05) is 58.4 Å². The minimum absolute atomic E-state index is 0.494. The first kappa shape index (κ1) is 13.8. The Morgan fingerprint density at radius 2 is 1.71 bits per heavy atom. The van der Waals surface area contributed by atoms with Crippen molar-refractivity contribution in [1.82, 2.24) is 9.97 Å². The number of halogens is 1. The van der Waals surface area contributed by atoms with Crippen molar-refractivity contribution < 1.29 is 0 Å². The third-order valence-corrected chi connectivity index (χ3v) is 3.61. The number of aromatic nitrogens is 2. The molecule has 0 saturated heterocycles. The third kappa shape index (κ3) is 3.47. The van der Waals surface area contributed by atoms with E-state index in [2.05, 4.69) is 38.0 Å². The van der Waals surface area contributed by atoms with Gasteiger partial charge in [0, 0.05) is 22.5 Å². The molecule has 0 saturated carbocycles. The second-order valence-corrected chi connectivity index (χ2v) is 5.68. The Labute approximate surface area is 132 Å². The minimum atomic E-state index is 0.494. The van der Waals surface area contributed by atoms with E-state index in [1.807, 2.05) is 42.5 Å². The van der Waals surface area contributed by atoms with Gasteiger partial charge in [-0.05, 0) is 17.7 Å². The molecule has 0 amide bonds. The maximum Gasteiger partial charge on any atom is 0.135 e. The average molecular weight is 340 g/mol. The predicted octanol–water partition coefficient (Wildman–Crippen LogP) is 4.08. The summed E-state index contributed by atoms with van der Waals surface area (Å²) in [5.74, 6) is 1.22. The Kier molecular flexibility index (Phi) is 3.97. The first-order chi connectivity index (χ1) is 10.2. The first-order valence-corrected chi connectivity index (χ1v) is 7.43. The normalized spacial score (nSPS) is 10.5. The van der Waals surface area contributed by atoms with Crippen LogP contribution in [0.5, 0.6) is 0 Å². The number of anilines is 1. The number of nitrogen functional groups attached to an aromatic ring is 1. The molecule has 2 aromatic carbocycles. The molecule has 0 aliphatic carbocycles. The van der Waals surface area contributed by atoms with Crippen LogP contribution in [-0.2, 0) is 6.42 Å². The van der Waals surface area contributed by atoms with E-state index in [-0.39, 0.29) is 0 Å². The number of benzene rings is 2. The number of hydrogen-bond acceptors (Lipinski definition) is 3. The molecule has 1 aromatic heterocycles. The fourth-order valence-electron chi connectivity index (χ4n) is 2.18. The van der Waals surface area contributed by atoms with Crippen molar-refractivity contribution in [2.24, 2.45) is 0 Å². The number of nitrogens with zero attached hydrogens (tertiary/aromatic N) is 2. The molecule has 21 heavy (non-hydrogen) atoms. The van der Waals surface area contributed by atoms with Crippen LogP contribution in [0.3, 0.4) is 0 Å². The lowest BCUT2D eigenvalue weighted by molar-refractivity contribution is 0.977. The molecular weight excluding hydrogens is 326 g/mol. The number of rotatable bonds is 3. The molecule has 3 nitrogen and oxygen atoms in total. The Morgan fingerprint density at radius 1 is 0.905 bits per heavy atom. The van der Waals surface area contributed by atoms with Crippen molar-refractivity contribution in [3.8, 4) is 11.3 Å². The highest BCUT2D eigenvalue weighted by atomic mass is 79.9. The molecule has 2 N–H and O–H groups in total. The molecule has 0 radical (unpaired) electrons. The zero-order valence-corrected chi connectivity index (χ0v) is 12.9. The van der Waals surface area contributed by atoms with Crippen molar-refractivity contribution in [3.63, 3.8) is 0 Å². The fourth-order valence-corrected chi connectivity index (χ4v) is 2.63. The lowest BCUT2D eigenvalue weighted by atomic mass is 10.1. The van der Waals surface area contributed by atoms with Gasteiger partial charge in [-0.15, -0.1) is 0 Å². The Morgan fingerprint density at radius 3 is 2.48 bits per heavy atom. The van der Waals surface area contributed by atoms with Gasteiger partial charge < -0.3 is 5.73 Å². The van der Waals surface area contributed by atoms with Crippen LogP contribution < -0.4 is 5.73 Å². The molecule has 104 valence electrons. The van der Waals surface area contributed by atoms with Crippen LogP contribution >= 0.6 is 15.9 Å². The van der Waals surface area contributed by atoms with Crippen LogP contribution in [0.2, 0.25) is 0 Å². The Bertz CT molecular complexity index is 757. The smallest absolute Gasteiger partial charge is 0.135 e. The van der Waals surface area contributed by atoms with Crippen LogP contribution in [0.4, 0.5) is 5.82 Å². The molecule has 0 aliphatic rings. The molecule has 0 unspecified atom stereocenters. The molecule has 3 rings (SSSR count). The molecule has 0 fully saturated rings. The van der Waals surface area contributed by atoms with Crippen molar-refractivity contribution in [3.05, 3.63) is 76.5 Å². The molecule has 0 spiro atoms. The zero-order chi connectivity index (χ0) is 14.7. The van der Waals surface area contributed by atoms with E-state index in [1.54, 1.807) is 6.07 Å². The van der Waals surface area contributed by atoms with E-state index >= 15 is 0 Å². The van der Waals surface area contributed by atoms with Gasteiger partial charge in [-0.25, -0.2) is 9.97 Å². The maximum atomic E-state index is 5.92. The van der Waals surface area contributed by atoms with E-state index < -0.39 is 0 Å². The quantitative estimate of drug-likeness (QED) is 0.782. The predicted molar refractivity (Wildman–Crippen MR) is 88.8 cm³/mol. The van der Waals surface area contributed by atoms with Gasteiger partial charge in [0.05, 0.1) is 5.69 Å². The van der Waals surface area contributed by atoms with Gasteiger partial charge >= 0.3 is 0 Å². The second kappa shape index (κ2) is 6.06. The summed E-state index contributed by atoms with van der Waals surface area (Å²) >= 11 is 3.48. The highest BCUT2D eigenvalue weighted by Gasteiger charge is 2.06. The van der Waals surface area contributed by atoms with Crippen molar-refractivity contribution in [2.75, 3.05) is 5.73 Å². The first-order valence-electron chi connectivity index (χ1n) is 6.64. The Hall–Kier alpha value is -2.20. The third-order valence-electron chi connectivity index (χ3n) is 3.11. The van der Waals surface area contributed by atoms with Gasteiger partial charge in [-0.2, -0.15) is 0 Å². The summed E-state index contributed by atoms with van der Waals surface area (Å²) in [5.41, 5.74) is 8.97. The summed E-state index contributed by atoms with van der Waals surface area (Å²) in [6.45, 7) is 0. The van der Waals surface area contributed by atoms with Crippen LogP contribution in [-0.4, -0.2) is 9.97 Å². The molecule has 0 bridgehead atoms. The SMILES string of the molecule is Nc1cc(-c2ccccc2)nc(Cc2cccc(Br)c2)n1. The summed E-state index contributed by atoms with van der Waals surface area (Å²) < 4.78 is 1.05. The van der Waals surface area contributed by atoms with E-state index in [0.717, 1.165) is 27.1 Å². The monoisotopic (exact) mass is 339 g/mol. The number of hydrogen-bond donors (Lipinski definition) is 1. The van der Waals surface area contributed by atoms with Crippen LogP contribution in [0, 0.1) is 0 Å². The molecule has 3 aromatic rings. The molecule has 0 aliphatic heterocycles. The van der Waals surface area contributed by atoms with Gasteiger partial charge in [0.15, 0.2) is 0 Å². The van der Waals surface area contributed by atoms with Gasteiger partial charge in [0.25, 0.3) is 0 Å². The summed E-state index contributed by atoms with van der Waals surface area (Å²) in [6, 6.07) is 19.9. The van der Waals surface area contributed by atoms with Crippen molar-refractivity contribution in [1.29, 1.82) is 0 Å². The zero-order valence-electron chi connectivity index (χ0n) is 11.3. The summed E-state index contributed by atoms with van der Waals surface area (Å²) in [7, 11) is 0. The largest absolute Gasteiger partial charge is 0.384 e. The standard InChI is InChI=1S/C17H14BrN3/c18-14-8-4-5-12(9-14)10-17-20-15(11-16(19)21-17)13-6-2-1-3-7-13/h1-9,11H,10H2,(H2,19,20,21). The van der Waals surface area contributed by atoms with E-state index in [4.69, 9.17) is 5.73 Å². The highest BCUT2D eigenvalue weighted by molar-refractivity contribution is 9.10. The number of nitrogens with two attached hydrogens (primary N) is 1. The summed E-state index contributed by atoms with van der Waals surface area (Å²) in [4.78, 5) is 8.96. The van der Waals surface area contributed by atoms with Gasteiger partial charge in [0.2, 0.25) is 0 Å². The average Bonchev–Trinajstić information content (AvgIpc) is 2.47. The van der Waals surface area contributed by atoms with E-state index in [0.29, 0.717) is 12.2 Å². The van der Waals surface area contributed by atoms with E-state index in [1.165, 1.54) is 0 Å². The van der Waals surface area contributed by atoms with Crippen molar-refractivity contribution >= 4 is 21.7 Å². The van der Waals surface area contributed by atoms with Crippen LogP contribution in [0.15, 0.2) is 65.1 Å².